The van der Waals surface area contributed by atoms with E-state index < -0.39 is 0 Å². The van der Waals surface area contributed by atoms with Crippen LogP contribution in [0, 0.1) is 0 Å². The topological polar surface area (TPSA) is 18.5 Å². The lowest BCUT2D eigenvalue weighted by Gasteiger charge is -2.21. The van der Waals surface area contributed by atoms with Crippen LogP contribution in [0.2, 0.25) is 5.02 Å². The molecular formula is C15H19ClO2. The Kier molecular flexibility index (Phi) is 4.54. The van der Waals surface area contributed by atoms with Crippen molar-refractivity contribution < 1.29 is 9.47 Å². The number of fused-ring (bicyclic) bond motifs is 1. The Morgan fingerprint density at radius 1 is 1.33 bits per heavy atom. The monoisotopic (exact) mass is 266 g/mol. The van der Waals surface area contributed by atoms with Gasteiger partial charge in [0.1, 0.15) is 6.61 Å². The van der Waals surface area contributed by atoms with Crippen LogP contribution in [0.3, 0.4) is 0 Å². The first-order valence-corrected chi connectivity index (χ1v) is 6.91. The molecule has 0 aromatic heterocycles. The lowest BCUT2D eigenvalue weighted by molar-refractivity contribution is 0.288. The van der Waals surface area contributed by atoms with Crippen LogP contribution in [-0.4, -0.2) is 13.2 Å². The number of ether oxygens (including phenoxy) is 2. The Morgan fingerprint density at radius 2 is 2.17 bits per heavy atom. The zero-order chi connectivity index (χ0) is 13.0. The number of rotatable bonds is 5. The van der Waals surface area contributed by atoms with Gasteiger partial charge in [0.2, 0.25) is 0 Å². The minimum Gasteiger partial charge on any atom is -0.488 e. The van der Waals surface area contributed by atoms with Crippen molar-refractivity contribution in [2.24, 2.45) is 0 Å². The number of halogens is 1. The highest BCUT2D eigenvalue weighted by molar-refractivity contribution is 6.32. The SMILES string of the molecule is CCCCC1=Cc2ccc(Cl)c(OCC)c2OC1. The van der Waals surface area contributed by atoms with E-state index in [0.29, 0.717) is 24.0 Å². The highest BCUT2D eigenvalue weighted by Crippen LogP contribution is 2.41. The van der Waals surface area contributed by atoms with Crippen LogP contribution in [-0.2, 0) is 0 Å². The van der Waals surface area contributed by atoms with E-state index in [1.54, 1.807) is 0 Å². The lowest BCUT2D eigenvalue weighted by atomic mass is 10.0. The molecule has 0 bridgehead atoms. The largest absolute Gasteiger partial charge is 0.488 e. The molecular weight excluding hydrogens is 248 g/mol. The van der Waals surface area contributed by atoms with E-state index >= 15 is 0 Å². The van der Waals surface area contributed by atoms with Gasteiger partial charge in [0.25, 0.3) is 0 Å². The molecule has 3 heteroatoms. The molecule has 98 valence electrons. The van der Waals surface area contributed by atoms with Crippen LogP contribution in [0.5, 0.6) is 11.5 Å². The highest BCUT2D eigenvalue weighted by Gasteiger charge is 2.18. The second-order valence-electron chi connectivity index (χ2n) is 4.42. The van der Waals surface area contributed by atoms with Crippen LogP contribution < -0.4 is 9.47 Å². The molecule has 2 rings (SSSR count). The molecule has 0 aliphatic carbocycles. The first-order valence-electron chi connectivity index (χ1n) is 6.53. The maximum absolute atomic E-state index is 6.13. The van der Waals surface area contributed by atoms with Gasteiger partial charge in [-0.15, -0.1) is 0 Å². The van der Waals surface area contributed by atoms with Crippen molar-refractivity contribution in [1.82, 2.24) is 0 Å². The third kappa shape index (κ3) is 2.81. The van der Waals surface area contributed by atoms with Gasteiger partial charge in [0, 0.05) is 5.56 Å². The normalized spacial score (nSPS) is 13.6. The zero-order valence-electron chi connectivity index (χ0n) is 11.0. The molecule has 0 atom stereocenters. The summed E-state index contributed by atoms with van der Waals surface area (Å²) in [5, 5.41) is 0.612. The Balaban J connectivity index is 2.28. The van der Waals surface area contributed by atoms with Gasteiger partial charge < -0.3 is 9.47 Å². The van der Waals surface area contributed by atoms with E-state index in [2.05, 4.69) is 13.0 Å². The Morgan fingerprint density at radius 3 is 2.89 bits per heavy atom. The van der Waals surface area contributed by atoms with Gasteiger partial charge in [0.15, 0.2) is 11.5 Å². The highest BCUT2D eigenvalue weighted by atomic mass is 35.5. The predicted molar refractivity (Wildman–Crippen MR) is 75.6 cm³/mol. The number of unbranched alkanes of at least 4 members (excludes halogenated alkanes) is 1. The third-order valence-electron chi connectivity index (χ3n) is 3.00. The van der Waals surface area contributed by atoms with E-state index in [9.17, 15) is 0 Å². The standard InChI is InChI=1S/C15H19ClO2/c1-3-5-6-11-9-12-7-8-13(16)15(17-4-2)14(12)18-10-11/h7-9H,3-6,10H2,1-2H3. The Labute approximate surface area is 114 Å². The van der Waals surface area contributed by atoms with Crippen molar-refractivity contribution in [2.75, 3.05) is 13.2 Å². The van der Waals surface area contributed by atoms with Crippen LogP contribution in [0.25, 0.3) is 6.08 Å². The van der Waals surface area contributed by atoms with E-state index in [1.807, 2.05) is 19.1 Å². The summed E-state index contributed by atoms with van der Waals surface area (Å²) in [6.07, 6.45) is 5.71. The van der Waals surface area contributed by atoms with Crippen LogP contribution in [0.4, 0.5) is 0 Å². The second-order valence-corrected chi connectivity index (χ2v) is 4.83. The summed E-state index contributed by atoms with van der Waals surface area (Å²) in [6, 6.07) is 3.86. The molecule has 1 aromatic rings. The van der Waals surface area contributed by atoms with E-state index in [4.69, 9.17) is 21.1 Å². The second kappa shape index (κ2) is 6.14. The van der Waals surface area contributed by atoms with E-state index in [0.717, 1.165) is 17.7 Å². The van der Waals surface area contributed by atoms with Crippen LogP contribution in [0.15, 0.2) is 17.7 Å². The summed E-state index contributed by atoms with van der Waals surface area (Å²) in [4.78, 5) is 0. The molecule has 0 radical (unpaired) electrons. The van der Waals surface area contributed by atoms with Crippen molar-refractivity contribution in [3.63, 3.8) is 0 Å². The van der Waals surface area contributed by atoms with Gasteiger partial charge in [-0.25, -0.2) is 0 Å². The van der Waals surface area contributed by atoms with E-state index in [-0.39, 0.29) is 0 Å². The maximum atomic E-state index is 6.13. The zero-order valence-corrected chi connectivity index (χ0v) is 11.7. The fourth-order valence-electron chi connectivity index (χ4n) is 2.07. The fourth-order valence-corrected chi connectivity index (χ4v) is 2.27. The molecule has 0 saturated carbocycles. The van der Waals surface area contributed by atoms with Crippen molar-refractivity contribution >= 4 is 17.7 Å². The van der Waals surface area contributed by atoms with Crippen LogP contribution in [0.1, 0.15) is 38.7 Å². The summed E-state index contributed by atoms with van der Waals surface area (Å²) in [7, 11) is 0. The number of benzene rings is 1. The van der Waals surface area contributed by atoms with Crippen LogP contribution >= 0.6 is 11.6 Å². The summed E-state index contributed by atoms with van der Waals surface area (Å²) in [5.74, 6) is 1.45. The van der Waals surface area contributed by atoms with Gasteiger partial charge in [-0.1, -0.05) is 24.9 Å². The molecule has 2 nitrogen and oxygen atoms in total. The Hall–Kier alpha value is -1.15. The minimum absolute atomic E-state index is 0.589. The maximum Gasteiger partial charge on any atom is 0.180 e. The fraction of sp³-hybridized carbons (Fsp3) is 0.467. The summed E-state index contributed by atoms with van der Waals surface area (Å²) in [6.45, 7) is 5.38. The molecule has 18 heavy (non-hydrogen) atoms. The average Bonchev–Trinajstić information content (AvgIpc) is 2.39. The number of hydrogen-bond donors (Lipinski definition) is 0. The summed E-state index contributed by atoms with van der Waals surface area (Å²) >= 11 is 6.13. The molecule has 0 amide bonds. The number of hydrogen-bond acceptors (Lipinski definition) is 2. The first kappa shape index (κ1) is 13.3. The van der Waals surface area contributed by atoms with Gasteiger partial charge >= 0.3 is 0 Å². The summed E-state index contributed by atoms with van der Waals surface area (Å²) in [5.41, 5.74) is 2.41. The molecule has 0 N–H and O–H groups in total. The lowest BCUT2D eigenvalue weighted by Crippen LogP contribution is -2.09. The predicted octanol–water partition coefficient (Wildman–Crippen LogP) is 4.70. The van der Waals surface area contributed by atoms with Crippen molar-refractivity contribution in [3.8, 4) is 11.5 Å². The quantitative estimate of drug-likeness (QED) is 0.769. The summed E-state index contributed by atoms with van der Waals surface area (Å²) < 4.78 is 11.4. The Bertz CT molecular complexity index is 452. The average molecular weight is 267 g/mol. The van der Waals surface area contributed by atoms with Crippen molar-refractivity contribution in [1.29, 1.82) is 0 Å². The molecule has 1 aliphatic heterocycles. The van der Waals surface area contributed by atoms with Gasteiger partial charge in [0.05, 0.1) is 11.6 Å². The minimum atomic E-state index is 0.589. The molecule has 1 aliphatic rings. The molecule has 0 unspecified atom stereocenters. The van der Waals surface area contributed by atoms with Gasteiger partial charge in [-0.2, -0.15) is 0 Å². The van der Waals surface area contributed by atoms with Crippen molar-refractivity contribution in [2.45, 2.75) is 33.1 Å². The van der Waals surface area contributed by atoms with Gasteiger partial charge in [-0.05, 0) is 43.5 Å². The van der Waals surface area contributed by atoms with E-state index in [1.165, 1.54) is 18.4 Å². The third-order valence-corrected chi connectivity index (χ3v) is 3.29. The first-order chi connectivity index (χ1) is 8.76. The smallest absolute Gasteiger partial charge is 0.180 e. The van der Waals surface area contributed by atoms with Crippen molar-refractivity contribution in [3.05, 3.63) is 28.3 Å². The molecule has 0 fully saturated rings. The molecule has 1 heterocycles. The van der Waals surface area contributed by atoms with Gasteiger partial charge in [-0.3, -0.25) is 0 Å². The molecule has 0 saturated heterocycles. The molecule has 1 aromatic carbocycles. The molecule has 0 spiro atoms.